The normalized spacial score (nSPS) is 48.4. The van der Waals surface area contributed by atoms with E-state index >= 15 is 0 Å². The van der Waals surface area contributed by atoms with Gasteiger partial charge in [-0.2, -0.15) is 0 Å². The Morgan fingerprint density at radius 2 is 2.04 bits per heavy atom. The van der Waals surface area contributed by atoms with Gasteiger partial charge in [0.1, 0.15) is 5.83 Å². The topological polar surface area (TPSA) is 40.5 Å². The molecule has 0 unspecified atom stereocenters. The minimum atomic E-state index is -0.441. The van der Waals surface area contributed by atoms with Crippen molar-refractivity contribution in [2.24, 2.45) is 34.5 Å². The summed E-state index contributed by atoms with van der Waals surface area (Å²) in [5.74, 6) is 2.13. The van der Waals surface area contributed by atoms with Gasteiger partial charge >= 0.3 is 0 Å². The van der Waals surface area contributed by atoms with E-state index in [0.29, 0.717) is 23.7 Å². The van der Waals surface area contributed by atoms with Gasteiger partial charge in [-0.1, -0.05) is 38.8 Å². The molecule has 3 fully saturated rings. The largest absolute Gasteiger partial charge is 0.393 e. The third-order valence-electron chi connectivity index (χ3n) is 9.28. The van der Waals surface area contributed by atoms with Gasteiger partial charge in [-0.15, -0.1) is 0 Å². The van der Waals surface area contributed by atoms with Crippen LogP contribution >= 0.6 is 0 Å². The second kappa shape index (κ2) is 6.99. The molecule has 2 nitrogen and oxygen atoms in total. The monoisotopic (exact) mass is 376 g/mol. The smallest absolute Gasteiger partial charge is 0.125 e. The van der Waals surface area contributed by atoms with E-state index in [0.717, 1.165) is 50.5 Å². The highest BCUT2D eigenvalue weighted by atomic mass is 19.1. The number of aliphatic hydroxyl groups is 2. The molecule has 4 aliphatic rings. The Kier molecular flexibility index (Phi) is 5.08. The highest BCUT2D eigenvalue weighted by Crippen LogP contribution is 2.67. The molecule has 0 heterocycles. The molecule has 0 bridgehead atoms. The van der Waals surface area contributed by atoms with Crippen LogP contribution in [-0.4, -0.2) is 22.9 Å². The zero-order chi connectivity index (χ0) is 19.4. The molecule has 0 amide bonds. The number of halogens is 1. The maximum Gasteiger partial charge on any atom is 0.125 e. The second-order valence-electron chi connectivity index (χ2n) is 10.2. The van der Waals surface area contributed by atoms with Gasteiger partial charge in [-0.05, 0) is 91.4 Å². The molecule has 0 radical (unpaired) electrons. The number of allylic oxidation sites excluding steroid dienone is 2. The SMILES string of the molecule is CCC[C@H]1C[C@H](O)CC2=CC[C@@H]3[C@H](CC[C@]4(C)C(=C(F)CO)CC[C@@H]34)[C@]21C. The summed E-state index contributed by atoms with van der Waals surface area (Å²) in [5.41, 5.74) is 2.57. The quantitative estimate of drug-likeness (QED) is 0.634. The van der Waals surface area contributed by atoms with Gasteiger partial charge in [0.2, 0.25) is 0 Å². The first kappa shape index (κ1) is 19.6. The molecule has 152 valence electrons. The lowest BCUT2D eigenvalue weighted by atomic mass is 9.45. The number of hydrogen-bond donors (Lipinski definition) is 2. The number of hydrogen-bond acceptors (Lipinski definition) is 2. The highest BCUT2D eigenvalue weighted by molar-refractivity contribution is 5.31. The lowest BCUT2D eigenvalue weighted by Crippen LogP contribution is -2.53. The number of fused-ring (bicyclic) bond motifs is 5. The van der Waals surface area contributed by atoms with Crippen LogP contribution in [0.15, 0.2) is 23.0 Å². The predicted octanol–water partition coefficient (Wildman–Crippen LogP) is 5.55. The first-order valence-electron chi connectivity index (χ1n) is 11.2. The van der Waals surface area contributed by atoms with Gasteiger partial charge < -0.3 is 10.2 Å². The molecule has 2 N–H and O–H groups in total. The van der Waals surface area contributed by atoms with Crippen molar-refractivity contribution in [1.29, 1.82) is 0 Å². The zero-order valence-electron chi connectivity index (χ0n) is 17.3. The average molecular weight is 377 g/mol. The molecule has 0 saturated heterocycles. The van der Waals surface area contributed by atoms with Crippen molar-refractivity contribution < 1.29 is 14.6 Å². The van der Waals surface area contributed by atoms with Crippen LogP contribution in [0.5, 0.6) is 0 Å². The molecule has 0 aromatic heterocycles. The molecular formula is C24H37FO2. The fraction of sp³-hybridized carbons (Fsp3) is 0.833. The Bertz CT molecular complexity index is 653. The summed E-state index contributed by atoms with van der Waals surface area (Å²) in [7, 11) is 0. The van der Waals surface area contributed by atoms with Gasteiger partial charge in [-0.3, -0.25) is 0 Å². The maximum absolute atomic E-state index is 14.4. The first-order valence-corrected chi connectivity index (χ1v) is 11.2. The third-order valence-corrected chi connectivity index (χ3v) is 9.28. The summed E-state index contributed by atoms with van der Waals surface area (Å²) in [6, 6.07) is 0. The maximum atomic E-state index is 14.4. The zero-order valence-corrected chi connectivity index (χ0v) is 17.3. The summed E-state index contributed by atoms with van der Waals surface area (Å²) >= 11 is 0. The van der Waals surface area contributed by atoms with E-state index in [1.54, 1.807) is 0 Å². The average Bonchev–Trinajstić information content (AvgIpc) is 2.99. The molecule has 0 spiro atoms. The predicted molar refractivity (Wildman–Crippen MR) is 107 cm³/mol. The molecule has 3 saturated carbocycles. The van der Waals surface area contributed by atoms with E-state index in [1.807, 2.05) is 0 Å². The van der Waals surface area contributed by atoms with Crippen molar-refractivity contribution in [1.82, 2.24) is 0 Å². The number of rotatable bonds is 3. The van der Waals surface area contributed by atoms with Crippen LogP contribution in [0, 0.1) is 34.5 Å². The summed E-state index contributed by atoms with van der Waals surface area (Å²) in [4.78, 5) is 0. The Morgan fingerprint density at radius 3 is 2.74 bits per heavy atom. The van der Waals surface area contributed by atoms with Crippen LogP contribution in [0.25, 0.3) is 0 Å². The van der Waals surface area contributed by atoms with E-state index in [2.05, 4.69) is 26.8 Å². The van der Waals surface area contributed by atoms with Gasteiger partial charge in [0.05, 0.1) is 12.7 Å². The molecule has 27 heavy (non-hydrogen) atoms. The first-order chi connectivity index (χ1) is 12.9. The van der Waals surface area contributed by atoms with Crippen molar-refractivity contribution in [3.05, 3.63) is 23.0 Å². The van der Waals surface area contributed by atoms with Crippen LogP contribution < -0.4 is 0 Å². The Hall–Kier alpha value is -0.670. The van der Waals surface area contributed by atoms with Crippen molar-refractivity contribution in [2.45, 2.75) is 84.7 Å². The fourth-order valence-electron chi connectivity index (χ4n) is 8.00. The molecule has 0 aromatic rings. The lowest BCUT2D eigenvalue weighted by molar-refractivity contribution is -0.0604. The second-order valence-corrected chi connectivity index (χ2v) is 10.2. The molecule has 4 aliphatic carbocycles. The lowest BCUT2D eigenvalue weighted by Gasteiger charge is -2.60. The summed E-state index contributed by atoms with van der Waals surface area (Å²) in [6.07, 6.45) is 11.6. The number of aliphatic hydroxyl groups excluding tert-OH is 2. The fourth-order valence-corrected chi connectivity index (χ4v) is 8.00. The summed E-state index contributed by atoms with van der Waals surface area (Å²) in [6.45, 7) is 6.58. The molecule has 0 aromatic carbocycles. The molecular weight excluding hydrogens is 339 g/mol. The van der Waals surface area contributed by atoms with Crippen LogP contribution in [0.1, 0.15) is 78.6 Å². The van der Waals surface area contributed by atoms with Crippen LogP contribution in [0.2, 0.25) is 0 Å². The van der Waals surface area contributed by atoms with E-state index in [9.17, 15) is 14.6 Å². The third kappa shape index (κ3) is 2.79. The Morgan fingerprint density at radius 1 is 1.26 bits per heavy atom. The van der Waals surface area contributed by atoms with E-state index in [1.165, 1.54) is 18.4 Å². The summed E-state index contributed by atoms with van der Waals surface area (Å²) < 4.78 is 14.4. The van der Waals surface area contributed by atoms with Crippen molar-refractivity contribution >= 4 is 0 Å². The highest BCUT2D eigenvalue weighted by Gasteiger charge is 2.59. The van der Waals surface area contributed by atoms with E-state index < -0.39 is 6.61 Å². The summed E-state index contributed by atoms with van der Waals surface area (Å²) in [5, 5.41) is 19.8. The van der Waals surface area contributed by atoms with Gasteiger partial charge in [0.15, 0.2) is 0 Å². The van der Waals surface area contributed by atoms with Crippen molar-refractivity contribution in [3.8, 4) is 0 Å². The van der Waals surface area contributed by atoms with Crippen LogP contribution in [-0.2, 0) is 0 Å². The van der Waals surface area contributed by atoms with Crippen molar-refractivity contribution in [3.63, 3.8) is 0 Å². The van der Waals surface area contributed by atoms with Crippen LogP contribution in [0.3, 0.4) is 0 Å². The van der Waals surface area contributed by atoms with E-state index in [4.69, 9.17) is 0 Å². The molecule has 7 atom stereocenters. The van der Waals surface area contributed by atoms with Gasteiger partial charge in [-0.25, -0.2) is 4.39 Å². The van der Waals surface area contributed by atoms with Gasteiger partial charge in [0.25, 0.3) is 0 Å². The molecule has 4 rings (SSSR count). The molecule has 0 aliphatic heterocycles. The minimum Gasteiger partial charge on any atom is -0.393 e. The van der Waals surface area contributed by atoms with Crippen LogP contribution in [0.4, 0.5) is 4.39 Å². The molecule has 3 heteroatoms. The van der Waals surface area contributed by atoms with Crippen molar-refractivity contribution in [2.75, 3.05) is 6.61 Å². The van der Waals surface area contributed by atoms with Gasteiger partial charge in [0, 0.05) is 0 Å². The Balaban J connectivity index is 1.70. The minimum absolute atomic E-state index is 0.0654. The Labute approximate surface area is 163 Å². The standard InChI is InChI=1S/C24H37FO2/c1-4-5-15-12-17(27)13-16-6-7-18-19-8-9-21(22(25)14-26)23(19,2)11-10-20(18)24(15,16)3/h6,15,17-20,26-27H,4-5,7-14H2,1-3H3/t15-,17-,18-,19-,20-,23-,24-/m0/s1. The van der Waals surface area contributed by atoms with E-state index in [-0.39, 0.29) is 22.8 Å².